The van der Waals surface area contributed by atoms with Gasteiger partial charge in [-0.15, -0.1) is 0 Å². The number of ether oxygens (including phenoxy) is 1. The van der Waals surface area contributed by atoms with Crippen LogP contribution in [0.5, 0.6) is 0 Å². The van der Waals surface area contributed by atoms with Crippen LogP contribution in [-0.4, -0.2) is 33.3 Å². The molecule has 0 saturated carbocycles. The van der Waals surface area contributed by atoms with Crippen molar-refractivity contribution in [1.82, 2.24) is 0 Å². The van der Waals surface area contributed by atoms with E-state index in [1.807, 2.05) is 0 Å². The smallest absolute Gasteiger partial charge is 0.327 e. The largest absolute Gasteiger partial charge is 0.462 e. The van der Waals surface area contributed by atoms with E-state index >= 15 is 0 Å². The summed E-state index contributed by atoms with van der Waals surface area (Å²) in [5.41, 5.74) is -0.272. The molecular formula is C12H15F2NO4S. The summed E-state index contributed by atoms with van der Waals surface area (Å²) in [6.07, 6.45) is 0.409. The standard InChI is InChI=1S/C12H15F2NO4S/c1-8(2)19-12(16)7-15(20(3,17)18)11-5-9(13)4-10(14)6-11/h4-6,8H,7H2,1-3H3. The molecule has 0 fully saturated rings. The third-order valence-electron chi connectivity index (χ3n) is 2.18. The van der Waals surface area contributed by atoms with E-state index < -0.39 is 40.3 Å². The summed E-state index contributed by atoms with van der Waals surface area (Å²) in [6.45, 7) is 2.55. The fourth-order valence-corrected chi connectivity index (χ4v) is 2.33. The maximum Gasteiger partial charge on any atom is 0.327 e. The average molecular weight is 307 g/mol. The molecule has 0 unspecified atom stereocenters. The highest BCUT2D eigenvalue weighted by Crippen LogP contribution is 2.20. The van der Waals surface area contributed by atoms with Gasteiger partial charge >= 0.3 is 5.97 Å². The summed E-state index contributed by atoms with van der Waals surface area (Å²) in [5.74, 6) is -2.69. The molecule has 0 amide bonds. The molecule has 1 rings (SSSR count). The quantitative estimate of drug-likeness (QED) is 0.777. The highest BCUT2D eigenvalue weighted by atomic mass is 32.2. The Bertz CT molecular complexity index is 581. The summed E-state index contributed by atoms with van der Waals surface area (Å²) in [5, 5.41) is 0. The van der Waals surface area contributed by atoms with Crippen molar-refractivity contribution < 1.29 is 26.7 Å². The van der Waals surface area contributed by atoms with Crippen LogP contribution in [0.15, 0.2) is 18.2 Å². The fraction of sp³-hybridized carbons (Fsp3) is 0.417. The predicted molar refractivity (Wildman–Crippen MR) is 69.8 cm³/mol. The van der Waals surface area contributed by atoms with Gasteiger partial charge in [0.15, 0.2) is 0 Å². The van der Waals surface area contributed by atoms with Gasteiger partial charge in [0.25, 0.3) is 0 Å². The maximum atomic E-state index is 13.1. The molecule has 5 nitrogen and oxygen atoms in total. The highest BCUT2D eigenvalue weighted by Gasteiger charge is 2.23. The van der Waals surface area contributed by atoms with Crippen molar-refractivity contribution in [2.75, 3.05) is 17.1 Å². The van der Waals surface area contributed by atoms with Gasteiger partial charge in [0.1, 0.15) is 18.2 Å². The Labute approximate surface area is 116 Å². The van der Waals surface area contributed by atoms with Crippen LogP contribution >= 0.6 is 0 Å². The number of sulfonamides is 1. The lowest BCUT2D eigenvalue weighted by Crippen LogP contribution is -2.36. The van der Waals surface area contributed by atoms with Gasteiger partial charge in [0, 0.05) is 6.07 Å². The number of anilines is 1. The van der Waals surface area contributed by atoms with Gasteiger partial charge in [-0.25, -0.2) is 17.2 Å². The van der Waals surface area contributed by atoms with Crippen molar-refractivity contribution in [1.29, 1.82) is 0 Å². The third-order valence-corrected chi connectivity index (χ3v) is 3.32. The predicted octanol–water partition coefficient (Wildman–Crippen LogP) is 1.68. The van der Waals surface area contributed by atoms with Gasteiger partial charge in [-0.05, 0) is 26.0 Å². The normalized spacial score (nSPS) is 11.5. The number of carbonyl (C=O) groups excluding carboxylic acids is 1. The number of halogens is 2. The van der Waals surface area contributed by atoms with Crippen molar-refractivity contribution in [3.8, 4) is 0 Å². The van der Waals surface area contributed by atoms with Crippen LogP contribution in [0.2, 0.25) is 0 Å². The van der Waals surface area contributed by atoms with E-state index in [9.17, 15) is 22.0 Å². The molecule has 8 heteroatoms. The zero-order valence-corrected chi connectivity index (χ0v) is 12.1. The summed E-state index contributed by atoms with van der Waals surface area (Å²) < 4.78 is 55.0. The molecule has 0 aromatic heterocycles. The van der Waals surface area contributed by atoms with Gasteiger partial charge in [-0.2, -0.15) is 0 Å². The molecule has 0 heterocycles. The lowest BCUT2D eigenvalue weighted by molar-refractivity contribution is -0.145. The van der Waals surface area contributed by atoms with Crippen molar-refractivity contribution in [3.63, 3.8) is 0 Å². The van der Waals surface area contributed by atoms with Gasteiger partial charge in [0.05, 0.1) is 18.0 Å². The Morgan fingerprint density at radius 3 is 2.15 bits per heavy atom. The fourth-order valence-electron chi connectivity index (χ4n) is 1.50. The van der Waals surface area contributed by atoms with Gasteiger partial charge in [-0.1, -0.05) is 0 Å². The first-order valence-corrected chi connectivity index (χ1v) is 7.57. The molecule has 0 N–H and O–H groups in total. The summed E-state index contributed by atoms with van der Waals surface area (Å²) in [7, 11) is -3.88. The van der Waals surface area contributed by atoms with Crippen LogP contribution < -0.4 is 4.31 Å². The third kappa shape index (κ3) is 4.76. The molecule has 0 spiro atoms. The van der Waals surface area contributed by atoms with Crippen LogP contribution in [0, 0.1) is 11.6 Å². The molecule has 0 saturated heterocycles. The Hall–Kier alpha value is -1.70. The summed E-state index contributed by atoms with van der Waals surface area (Å²) in [6, 6.07) is 2.26. The van der Waals surface area contributed by atoms with Crippen molar-refractivity contribution >= 4 is 21.7 Å². The van der Waals surface area contributed by atoms with Gasteiger partial charge in [0.2, 0.25) is 10.0 Å². The molecule has 1 aromatic carbocycles. The highest BCUT2D eigenvalue weighted by molar-refractivity contribution is 7.92. The van der Waals surface area contributed by atoms with Crippen LogP contribution in [0.25, 0.3) is 0 Å². The van der Waals surface area contributed by atoms with Crippen molar-refractivity contribution in [2.24, 2.45) is 0 Å². The molecule has 0 bridgehead atoms. The van der Waals surface area contributed by atoms with E-state index in [1.165, 1.54) is 0 Å². The molecular weight excluding hydrogens is 292 g/mol. The Kier molecular flexibility index (Phi) is 5.04. The van der Waals surface area contributed by atoms with Crippen LogP contribution in [0.4, 0.5) is 14.5 Å². The SMILES string of the molecule is CC(C)OC(=O)CN(c1cc(F)cc(F)c1)S(C)(=O)=O. The van der Waals surface area contributed by atoms with Gasteiger partial charge in [-0.3, -0.25) is 9.10 Å². The first-order chi connectivity index (χ1) is 9.09. The van der Waals surface area contributed by atoms with E-state index in [0.717, 1.165) is 18.4 Å². The lowest BCUT2D eigenvalue weighted by atomic mass is 10.3. The molecule has 0 aliphatic rings. The monoisotopic (exact) mass is 307 g/mol. The minimum Gasteiger partial charge on any atom is -0.462 e. The van der Waals surface area contributed by atoms with E-state index in [-0.39, 0.29) is 5.69 Å². The number of hydrogen-bond acceptors (Lipinski definition) is 4. The summed E-state index contributed by atoms with van der Waals surface area (Å²) >= 11 is 0. The molecule has 1 aromatic rings. The minimum absolute atomic E-state index is 0.272. The van der Waals surface area contributed by atoms with Crippen molar-refractivity contribution in [3.05, 3.63) is 29.8 Å². The molecule has 0 aliphatic carbocycles. The second kappa shape index (κ2) is 6.17. The van der Waals surface area contributed by atoms with Crippen molar-refractivity contribution in [2.45, 2.75) is 20.0 Å². The number of nitrogens with zero attached hydrogens (tertiary/aromatic N) is 1. The Morgan fingerprint density at radius 2 is 1.75 bits per heavy atom. The van der Waals surface area contributed by atoms with Gasteiger partial charge < -0.3 is 4.74 Å². The number of benzene rings is 1. The van der Waals surface area contributed by atoms with E-state index in [4.69, 9.17) is 4.74 Å². The number of rotatable bonds is 5. The van der Waals surface area contributed by atoms with Crippen LogP contribution in [0.1, 0.15) is 13.8 Å². The topological polar surface area (TPSA) is 63.7 Å². The van der Waals surface area contributed by atoms with Crippen LogP contribution in [-0.2, 0) is 19.6 Å². The van der Waals surface area contributed by atoms with E-state index in [0.29, 0.717) is 10.4 Å². The summed E-state index contributed by atoms with van der Waals surface area (Å²) in [4.78, 5) is 11.5. The average Bonchev–Trinajstić information content (AvgIpc) is 2.21. The number of hydrogen-bond donors (Lipinski definition) is 0. The molecule has 0 atom stereocenters. The first kappa shape index (κ1) is 16.4. The lowest BCUT2D eigenvalue weighted by Gasteiger charge is -2.22. The molecule has 20 heavy (non-hydrogen) atoms. The second-order valence-electron chi connectivity index (χ2n) is 4.44. The second-order valence-corrected chi connectivity index (χ2v) is 6.34. The zero-order valence-electron chi connectivity index (χ0n) is 11.3. The van der Waals surface area contributed by atoms with E-state index in [2.05, 4.69) is 0 Å². The molecule has 112 valence electrons. The van der Waals surface area contributed by atoms with Crippen LogP contribution in [0.3, 0.4) is 0 Å². The Morgan fingerprint density at radius 1 is 1.25 bits per heavy atom. The minimum atomic E-state index is -3.88. The molecule has 0 aliphatic heterocycles. The zero-order chi connectivity index (χ0) is 15.5. The number of carbonyl (C=O) groups is 1. The Balaban J connectivity index is 3.11. The molecule has 0 radical (unpaired) electrons. The maximum absolute atomic E-state index is 13.1. The first-order valence-electron chi connectivity index (χ1n) is 5.73. The van der Waals surface area contributed by atoms with E-state index in [1.54, 1.807) is 13.8 Å². The number of esters is 1.